The number of nitrogens with one attached hydrogen (secondary N) is 1. The molecule has 3 fully saturated rings. The van der Waals surface area contributed by atoms with Crippen LogP contribution in [0.2, 0.25) is 0 Å². The fourth-order valence-electron chi connectivity index (χ4n) is 5.21. The average Bonchev–Trinajstić information content (AvgIpc) is 3.28. The largest absolute Gasteiger partial charge is 0.341 e. The van der Waals surface area contributed by atoms with Gasteiger partial charge in [0.1, 0.15) is 6.04 Å². The van der Waals surface area contributed by atoms with E-state index in [9.17, 15) is 13.2 Å². The summed E-state index contributed by atoms with van der Waals surface area (Å²) in [4.78, 5) is 15.5. The minimum atomic E-state index is -3.69. The summed E-state index contributed by atoms with van der Waals surface area (Å²) in [5.41, 5.74) is 2.56. The number of hydrogen-bond donors (Lipinski definition) is 1. The molecule has 8 heteroatoms. The third kappa shape index (κ3) is 3.58. The van der Waals surface area contributed by atoms with Crippen LogP contribution < -0.4 is 5.32 Å². The lowest BCUT2D eigenvalue weighted by Gasteiger charge is -2.29. The van der Waals surface area contributed by atoms with Crippen molar-refractivity contribution in [1.29, 1.82) is 0 Å². The Bertz CT molecular complexity index is 838. The van der Waals surface area contributed by atoms with Gasteiger partial charge in [0.15, 0.2) is 0 Å². The predicted molar refractivity (Wildman–Crippen MR) is 111 cm³/mol. The molecule has 3 atom stereocenters. The molecule has 0 aromatic heterocycles. The molecule has 1 aromatic carbocycles. The van der Waals surface area contributed by atoms with Crippen molar-refractivity contribution in [1.82, 2.24) is 14.5 Å². The highest BCUT2D eigenvalue weighted by Gasteiger charge is 2.45. The Labute approximate surface area is 174 Å². The summed E-state index contributed by atoms with van der Waals surface area (Å²) in [5, 5.41) is 3.38. The van der Waals surface area contributed by atoms with E-state index in [2.05, 4.69) is 5.32 Å². The van der Waals surface area contributed by atoms with Crippen LogP contribution in [0.3, 0.4) is 0 Å². The smallest absolute Gasteiger partial charge is 0.244 e. The molecule has 1 aromatic rings. The molecular weight excluding hydrogens is 398 g/mol. The molecule has 1 amide bonds. The molecule has 4 rings (SSSR count). The van der Waals surface area contributed by atoms with Crippen LogP contribution in [0.4, 0.5) is 0 Å². The Hall–Kier alpha value is -1.15. The van der Waals surface area contributed by atoms with Crippen LogP contribution in [-0.4, -0.2) is 62.3 Å². The van der Waals surface area contributed by atoms with Crippen LogP contribution in [-0.2, 0) is 14.8 Å². The van der Waals surface area contributed by atoms with Gasteiger partial charge < -0.3 is 10.2 Å². The molecule has 3 saturated heterocycles. The normalized spacial score (nSPS) is 27.7. The second-order valence-corrected chi connectivity index (χ2v) is 10.3. The molecule has 6 nitrogen and oxygen atoms in total. The Balaban J connectivity index is 0.00000225. The highest BCUT2D eigenvalue weighted by Crippen LogP contribution is 2.33. The van der Waals surface area contributed by atoms with Crippen LogP contribution in [0, 0.1) is 32.6 Å². The topological polar surface area (TPSA) is 69.7 Å². The van der Waals surface area contributed by atoms with Crippen molar-refractivity contribution >= 4 is 28.3 Å². The van der Waals surface area contributed by atoms with E-state index in [1.165, 1.54) is 4.31 Å². The number of aryl methyl sites for hydroxylation is 3. The molecule has 1 N–H and O–H groups in total. The number of amides is 1. The van der Waals surface area contributed by atoms with E-state index in [0.29, 0.717) is 29.7 Å². The first-order valence-electron chi connectivity index (χ1n) is 9.88. The van der Waals surface area contributed by atoms with E-state index in [-0.39, 0.29) is 18.3 Å². The van der Waals surface area contributed by atoms with Gasteiger partial charge in [-0.25, -0.2) is 8.42 Å². The van der Waals surface area contributed by atoms with E-state index in [4.69, 9.17) is 0 Å². The van der Waals surface area contributed by atoms with Gasteiger partial charge in [-0.15, -0.1) is 12.4 Å². The quantitative estimate of drug-likeness (QED) is 0.799. The summed E-state index contributed by atoms with van der Waals surface area (Å²) in [6.07, 6.45) is 1.36. The number of carbonyl (C=O) groups excluding carboxylic acids is 1. The van der Waals surface area contributed by atoms with Crippen LogP contribution in [0.1, 0.15) is 29.5 Å². The molecule has 0 spiro atoms. The van der Waals surface area contributed by atoms with Gasteiger partial charge in [-0.1, -0.05) is 17.7 Å². The lowest BCUT2D eigenvalue weighted by Crippen LogP contribution is -2.47. The third-order valence-electron chi connectivity index (χ3n) is 6.36. The fraction of sp³-hybridized carbons (Fsp3) is 0.650. The summed E-state index contributed by atoms with van der Waals surface area (Å²) in [7, 11) is -3.69. The minimum Gasteiger partial charge on any atom is -0.341 e. The van der Waals surface area contributed by atoms with Gasteiger partial charge >= 0.3 is 0 Å². The molecule has 0 radical (unpaired) electrons. The zero-order valence-electron chi connectivity index (χ0n) is 16.8. The molecule has 28 heavy (non-hydrogen) atoms. The SMILES string of the molecule is Cc1cc(C)c(S(=O)(=O)N2CCCC2C(=O)N2C[C@H]3CNC[C@H]3C2)c(C)c1.Cl. The lowest BCUT2D eigenvalue weighted by atomic mass is 10.0. The maximum Gasteiger partial charge on any atom is 0.244 e. The number of nitrogens with zero attached hydrogens (tertiary/aromatic N) is 2. The average molecular weight is 428 g/mol. The van der Waals surface area contributed by atoms with Gasteiger partial charge in [0.05, 0.1) is 4.90 Å². The van der Waals surface area contributed by atoms with Crippen molar-refractivity contribution < 1.29 is 13.2 Å². The van der Waals surface area contributed by atoms with Gasteiger partial charge in [0, 0.05) is 32.7 Å². The molecule has 3 aliphatic heterocycles. The van der Waals surface area contributed by atoms with Gasteiger partial charge in [0.2, 0.25) is 15.9 Å². The summed E-state index contributed by atoms with van der Waals surface area (Å²) in [6.45, 7) is 9.51. The third-order valence-corrected chi connectivity index (χ3v) is 8.58. The maximum atomic E-state index is 13.5. The summed E-state index contributed by atoms with van der Waals surface area (Å²) < 4.78 is 28.4. The van der Waals surface area contributed by atoms with E-state index < -0.39 is 16.1 Å². The van der Waals surface area contributed by atoms with Gasteiger partial charge in [-0.3, -0.25) is 4.79 Å². The lowest BCUT2D eigenvalue weighted by molar-refractivity contribution is -0.133. The first-order chi connectivity index (χ1) is 12.8. The Morgan fingerprint density at radius 2 is 1.64 bits per heavy atom. The fourth-order valence-corrected chi connectivity index (χ4v) is 7.28. The standard InChI is InChI=1S/C20H29N3O3S.ClH/c1-13-7-14(2)19(15(3)8-13)27(25,26)23-6-4-5-18(23)20(24)22-11-16-9-21-10-17(16)12-22;/h7-8,16-18,21H,4-6,9-12H2,1-3H3;1H/t16-,17+,18?;. The number of sulfonamides is 1. The van der Waals surface area contributed by atoms with Crippen molar-refractivity contribution in [3.05, 3.63) is 28.8 Å². The van der Waals surface area contributed by atoms with Crippen LogP contribution >= 0.6 is 12.4 Å². The van der Waals surface area contributed by atoms with E-state index in [1.54, 1.807) is 0 Å². The molecule has 0 bridgehead atoms. The second kappa shape index (κ2) is 7.94. The Morgan fingerprint density at radius 1 is 1.07 bits per heavy atom. The van der Waals surface area contributed by atoms with Crippen molar-refractivity contribution in [2.24, 2.45) is 11.8 Å². The molecule has 156 valence electrons. The highest BCUT2D eigenvalue weighted by molar-refractivity contribution is 7.89. The highest BCUT2D eigenvalue weighted by atomic mass is 35.5. The van der Waals surface area contributed by atoms with Crippen molar-refractivity contribution in [3.8, 4) is 0 Å². The Morgan fingerprint density at radius 3 is 2.21 bits per heavy atom. The minimum absolute atomic E-state index is 0. The first kappa shape index (κ1) is 21.6. The van der Waals surface area contributed by atoms with E-state index in [1.807, 2.05) is 37.8 Å². The number of halogens is 1. The zero-order chi connectivity index (χ0) is 19.3. The summed E-state index contributed by atoms with van der Waals surface area (Å²) in [6, 6.07) is 3.25. The van der Waals surface area contributed by atoms with Gasteiger partial charge in [-0.2, -0.15) is 4.31 Å². The van der Waals surface area contributed by atoms with Crippen molar-refractivity contribution in [2.45, 2.75) is 44.6 Å². The molecule has 3 aliphatic rings. The second-order valence-electron chi connectivity index (χ2n) is 8.42. The van der Waals surface area contributed by atoms with Crippen LogP contribution in [0.5, 0.6) is 0 Å². The number of benzene rings is 1. The maximum absolute atomic E-state index is 13.5. The zero-order valence-corrected chi connectivity index (χ0v) is 18.4. The Kier molecular flexibility index (Phi) is 6.11. The molecule has 0 saturated carbocycles. The monoisotopic (exact) mass is 427 g/mol. The number of rotatable bonds is 3. The van der Waals surface area contributed by atoms with Crippen LogP contribution in [0.25, 0.3) is 0 Å². The molecular formula is C20H30ClN3O3S. The molecule has 1 unspecified atom stereocenters. The number of likely N-dealkylation sites (tertiary alicyclic amines) is 1. The summed E-state index contributed by atoms with van der Waals surface area (Å²) in [5.74, 6) is 1.02. The van der Waals surface area contributed by atoms with Crippen LogP contribution in [0.15, 0.2) is 17.0 Å². The number of hydrogen-bond acceptors (Lipinski definition) is 4. The van der Waals surface area contributed by atoms with Crippen molar-refractivity contribution in [3.63, 3.8) is 0 Å². The number of carbonyl (C=O) groups is 1. The van der Waals surface area contributed by atoms with E-state index in [0.717, 1.165) is 49.3 Å². The van der Waals surface area contributed by atoms with Gasteiger partial charge in [-0.05, 0) is 56.6 Å². The predicted octanol–water partition coefficient (Wildman–Crippen LogP) is 1.86. The first-order valence-corrected chi connectivity index (χ1v) is 11.3. The molecule has 0 aliphatic carbocycles. The molecule has 3 heterocycles. The van der Waals surface area contributed by atoms with Gasteiger partial charge in [0.25, 0.3) is 0 Å². The van der Waals surface area contributed by atoms with Crippen molar-refractivity contribution in [2.75, 3.05) is 32.7 Å². The van der Waals surface area contributed by atoms with E-state index >= 15 is 0 Å². The summed E-state index contributed by atoms with van der Waals surface area (Å²) >= 11 is 0. The number of fused-ring (bicyclic) bond motifs is 1.